The minimum atomic E-state index is -0.421. The number of piperidine rings is 1. The van der Waals surface area contributed by atoms with Gasteiger partial charge < -0.3 is 25.4 Å². The number of carbonyl (C=O) groups is 2. The molecular formula is C27H41ClN6O2. The molecule has 36 heavy (non-hydrogen) atoms. The lowest BCUT2D eigenvalue weighted by molar-refractivity contribution is -0.140. The summed E-state index contributed by atoms with van der Waals surface area (Å²) in [6.07, 6.45) is 11.9. The molecule has 2 aromatic heterocycles. The van der Waals surface area contributed by atoms with Crippen LogP contribution in [0.3, 0.4) is 0 Å². The molecule has 2 aliphatic heterocycles. The third-order valence-electron chi connectivity index (χ3n) is 7.34. The first-order valence-corrected chi connectivity index (χ1v) is 14.0. The summed E-state index contributed by atoms with van der Waals surface area (Å²) < 4.78 is 0. The number of amides is 2. The molecule has 198 valence electrons. The number of nitrogens with zero attached hydrogens (tertiary/aromatic N) is 3. The van der Waals surface area contributed by atoms with Crippen LogP contribution in [0.4, 0.5) is 0 Å². The van der Waals surface area contributed by atoms with Crippen LogP contribution in [0.25, 0.3) is 11.0 Å². The second kappa shape index (κ2) is 12.9. The SMILES string of the molecule is CC(C)N[C@H](CCCCN1CCCCC1)C(=O)N1CCC[C@H]1C(=O)NCc1cnc2[nH]cc(Cl)c2c1. The van der Waals surface area contributed by atoms with E-state index >= 15 is 0 Å². The van der Waals surface area contributed by atoms with Crippen LogP contribution in [0.1, 0.15) is 70.8 Å². The van der Waals surface area contributed by atoms with E-state index in [9.17, 15) is 9.59 Å². The molecule has 0 spiro atoms. The zero-order chi connectivity index (χ0) is 25.5. The zero-order valence-electron chi connectivity index (χ0n) is 21.7. The number of aromatic amines is 1. The molecule has 2 atom stereocenters. The molecule has 0 unspecified atom stereocenters. The van der Waals surface area contributed by atoms with E-state index in [0.29, 0.717) is 24.5 Å². The number of fused-ring (bicyclic) bond motifs is 1. The lowest BCUT2D eigenvalue weighted by atomic mass is 10.1. The predicted molar refractivity (Wildman–Crippen MR) is 144 cm³/mol. The van der Waals surface area contributed by atoms with Crippen molar-refractivity contribution in [2.75, 3.05) is 26.2 Å². The van der Waals surface area contributed by atoms with Crippen LogP contribution in [-0.4, -0.2) is 75.9 Å². The molecule has 0 aliphatic carbocycles. The number of carbonyl (C=O) groups excluding carboxylic acids is 2. The first kappa shape index (κ1) is 26.9. The maximum absolute atomic E-state index is 13.6. The van der Waals surface area contributed by atoms with Crippen molar-refractivity contribution < 1.29 is 9.59 Å². The van der Waals surface area contributed by atoms with E-state index in [1.807, 2.05) is 6.07 Å². The molecular weight excluding hydrogens is 476 g/mol. The molecule has 4 heterocycles. The van der Waals surface area contributed by atoms with Gasteiger partial charge in [-0.25, -0.2) is 4.98 Å². The molecule has 2 saturated heterocycles. The van der Waals surface area contributed by atoms with Gasteiger partial charge in [0.25, 0.3) is 0 Å². The summed E-state index contributed by atoms with van der Waals surface area (Å²) in [6.45, 7) is 8.66. The number of halogens is 1. The van der Waals surface area contributed by atoms with E-state index in [1.165, 1.54) is 32.4 Å². The van der Waals surface area contributed by atoms with Gasteiger partial charge in [0.2, 0.25) is 11.8 Å². The van der Waals surface area contributed by atoms with Crippen molar-refractivity contribution in [1.82, 2.24) is 30.4 Å². The molecule has 2 fully saturated rings. The minimum absolute atomic E-state index is 0.0570. The third-order valence-corrected chi connectivity index (χ3v) is 7.65. The van der Waals surface area contributed by atoms with E-state index in [4.69, 9.17) is 11.6 Å². The van der Waals surface area contributed by atoms with Crippen LogP contribution in [0, 0.1) is 0 Å². The lowest BCUT2D eigenvalue weighted by Gasteiger charge is -2.30. The Balaban J connectivity index is 1.30. The van der Waals surface area contributed by atoms with Crippen molar-refractivity contribution in [2.24, 2.45) is 0 Å². The molecule has 2 amide bonds. The Hall–Kier alpha value is -2.16. The van der Waals surface area contributed by atoms with Crippen LogP contribution in [0.5, 0.6) is 0 Å². The van der Waals surface area contributed by atoms with Gasteiger partial charge in [-0.1, -0.05) is 38.3 Å². The smallest absolute Gasteiger partial charge is 0.243 e. The summed E-state index contributed by atoms with van der Waals surface area (Å²) >= 11 is 6.20. The number of H-pyrrole nitrogens is 1. The van der Waals surface area contributed by atoms with Gasteiger partial charge in [-0.2, -0.15) is 0 Å². The summed E-state index contributed by atoms with van der Waals surface area (Å²) in [5.74, 6) is -0.0454. The van der Waals surface area contributed by atoms with Gasteiger partial charge in [0.05, 0.1) is 11.1 Å². The Morgan fingerprint density at radius 3 is 2.75 bits per heavy atom. The Morgan fingerprint density at radius 1 is 1.17 bits per heavy atom. The quantitative estimate of drug-likeness (QED) is 0.394. The normalized spacial score (nSPS) is 19.8. The van der Waals surface area contributed by atoms with Gasteiger partial charge in [0, 0.05) is 36.9 Å². The standard InChI is InChI=1S/C27H41ClN6O2/c1-19(2)32-23(9-4-7-13-33-11-5-3-6-12-33)27(36)34-14-8-10-24(34)26(35)31-17-20-15-21-22(28)18-30-25(21)29-16-20/h15-16,18-19,23-24,32H,3-14,17H2,1-2H3,(H,29,30)(H,31,35)/t23-,24+/m1/s1. The maximum atomic E-state index is 13.6. The summed E-state index contributed by atoms with van der Waals surface area (Å²) in [5, 5.41) is 7.94. The molecule has 8 nitrogen and oxygen atoms in total. The molecule has 0 aromatic carbocycles. The Labute approximate surface area is 219 Å². The molecule has 0 saturated carbocycles. The van der Waals surface area contributed by atoms with E-state index in [-0.39, 0.29) is 23.9 Å². The van der Waals surface area contributed by atoms with E-state index in [2.05, 4.69) is 39.3 Å². The first-order chi connectivity index (χ1) is 17.4. The molecule has 4 rings (SSSR count). The number of hydrogen-bond acceptors (Lipinski definition) is 5. The lowest BCUT2D eigenvalue weighted by Crippen LogP contribution is -2.53. The highest BCUT2D eigenvalue weighted by Gasteiger charge is 2.37. The fourth-order valence-electron chi connectivity index (χ4n) is 5.47. The van der Waals surface area contributed by atoms with Gasteiger partial charge in [-0.05, 0) is 69.8 Å². The Kier molecular flexibility index (Phi) is 9.62. The van der Waals surface area contributed by atoms with Crippen molar-refractivity contribution in [3.63, 3.8) is 0 Å². The highest BCUT2D eigenvalue weighted by molar-refractivity contribution is 6.35. The Bertz CT molecular complexity index is 1020. The van der Waals surface area contributed by atoms with Crippen LogP contribution in [0.15, 0.2) is 18.5 Å². The third kappa shape index (κ3) is 6.99. The number of likely N-dealkylation sites (tertiary alicyclic amines) is 2. The van der Waals surface area contributed by atoms with Gasteiger partial charge in [0.15, 0.2) is 0 Å². The predicted octanol–water partition coefficient (Wildman–Crippen LogP) is 3.85. The topological polar surface area (TPSA) is 93.4 Å². The minimum Gasteiger partial charge on any atom is -0.350 e. The average molecular weight is 517 g/mol. The number of pyridine rings is 1. The van der Waals surface area contributed by atoms with Crippen molar-refractivity contribution in [3.05, 3.63) is 29.0 Å². The first-order valence-electron chi connectivity index (χ1n) is 13.6. The Morgan fingerprint density at radius 2 is 1.97 bits per heavy atom. The van der Waals surface area contributed by atoms with Gasteiger partial charge in [-0.15, -0.1) is 0 Å². The molecule has 2 aliphatic rings. The number of rotatable bonds is 11. The summed E-state index contributed by atoms with van der Waals surface area (Å²) in [6, 6.07) is 1.47. The van der Waals surface area contributed by atoms with Crippen molar-refractivity contribution in [1.29, 1.82) is 0 Å². The molecule has 0 radical (unpaired) electrons. The molecule has 0 bridgehead atoms. The number of unbranched alkanes of at least 4 members (excludes halogenated alkanes) is 1. The largest absolute Gasteiger partial charge is 0.350 e. The van der Waals surface area contributed by atoms with Crippen molar-refractivity contribution in [2.45, 2.75) is 89.9 Å². The monoisotopic (exact) mass is 516 g/mol. The van der Waals surface area contributed by atoms with Gasteiger partial charge in [0.1, 0.15) is 11.7 Å². The fourth-order valence-corrected chi connectivity index (χ4v) is 5.67. The second-order valence-corrected chi connectivity index (χ2v) is 11.0. The van der Waals surface area contributed by atoms with E-state index < -0.39 is 6.04 Å². The van der Waals surface area contributed by atoms with Crippen LogP contribution in [-0.2, 0) is 16.1 Å². The van der Waals surface area contributed by atoms with E-state index in [0.717, 1.165) is 48.8 Å². The van der Waals surface area contributed by atoms with Crippen LogP contribution < -0.4 is 10.6 Å². The summed E-state index contributed by atoms with van der Waals surface area (Å²) in [4.78, 5) is 38.4. The number of nitrogens with one attached hydrogen (secondary N) is 3. The summed E-state index contributed by atoms with van der Waals surface area (Å²) in [7, 11) is 0. The molecule has 9 heteroatoms. The highest BCUT2D eigenvalue weighted by atomic mass is 35.5. The number of hydrogen-bond donors (Lipinski definition) is 3. The van der Waals surface area contributed by atoms with Crippen molar-refractivity contribution in [3.8, 4) is 0 Å². The molecule has 3 N–H and O–H groups in total. The van der Waals surface area contributed by atoms with Crippen LogP contribution in [0.2, 0.25) is 5.02 Å². The highest BCUT2D eigenvalue weighted by Crippen LogP contribution is 2.23. The average Bonchev–Trinajstić information content (AvgIpc) is 3.51. The van der Waals surface area contributed by atoms with Crippen molar-refractivity contribution >= 4 is 34.4 Å². The van der Waals surface area contributed by atoms with Crippen LogP contribution >= 0.6 is 11.6 Å². The number of aromatic nitrogens is 2. The fraction of sp³-hybridized carbons (Fsp3) is 0.667. The molecule has 2 aromatic rings. The second-order valence-electron chi connectivity index (χ2n) is 10.6. The zero-order valence-corrected chi connectivity index (χ0v) is 22.4. The maximum Gasteiger partial charge on any atom is 0.243 e. The van der Waals surface area contributed by atoms with Gasteiger partial charge in [-0.3, -0.25) is 9.59 Å². The van der Waals surface area contributed by atoms with E-state index in [1.54, 1.807) is 17.3 Å². The van der Waals surface area contributed by atoms with Gasteiger partial charge >= 0.3 is 0 Å². The summed E-state index contributed by atoms with van der Waals surface area (Å²) in [5.41, 5.74) is 1.60.